The minimum Gasteiger partial charge on any atom is -0.494 e. The van der Waals surface area contributed by atoms with Crippen molar-refractivity contribution in [2.45, 2.75) is 6.42 Å². The largest absolute Gasteiger partial charge is 0.494 e. The average molecular weight is 368 g/mol. The maximum atomic E-state index is 12.1. The second-order valence-corrected chi connectivity index (χ2v) is 6.48. The predicted octanol–water partition coefficient (Wildman–Crippen LogP) is 1.21. The van der Waals surface area contributed by atoms with Crippen molar-refractivity contribution >= 4 is 30.0 Å². The van der Waals surface area contributed by atoms with Gasteiger partial charge in [0.15, 0.2) is 4.77 Å². The third-order valence-electron chi connectivity index (χ3n) is 3.37. The SMILES string of the molecule is C[NH+](C)CCCN=Cc1c(O)n(-c2cccc(Cl)c2)c(=S)[nH]c1=O. The van der Waals surface area contributed by atoms with Crippen molar-refractivity contribution in [2.24, 2.45) is 4.99 Å². The topological polar surface area (TPSA) is 74.8 Å². The molecule has 6 nitrogen and oxygen atoms in total. The van der Waals surface area contributed by atoms with Crippen LogP contribution in [0.2, 0.25) is 5.02 Å². The van der Waals surface area contributed by atoms with Gasteiger partial charge >= 0.3 is 0 Å². The molecular formula is C16H20ClN4O2S+. The number of H-pyrrole nitrogens is 1. The quantitative estimate of drug-likeness (QED) is 0.408. The fraction of sp³-hybridized carbons (Fsp3) is 0.312. The Kier molecular flexibility index (Phi) is 6.30. The minimum absolute atomic E-state index is 0.0702. The van der Waals surface area contributed by atoms with Crippen LogP contribution in [0, 0.1) is 4.77 Å². The lowest BCUT2D eigenvalue weighted by Gasteiger charge is -2.11. The summed E-state index contributed by atoms with van der Waals surface area (Å²) in [5.41, 5.74) is 0.158. The first kappa shape index (κ1) is 18.4. The second-order valence-electron chi connectivity index (χ2n) is 5.66. The van der Waals surface area contributed by atoms with Gasteiger partial charge in [-0.3, -0.25) is 19.3 Å². The molecular weight excluding hydrogens is 348 g/mol. The molecule has 0 bridgehead atoms. The molecule has 1 heterocycles. The number of quaternary nitrogens is 1. The zero-order valence-corrected chi connectivity index (χ0v) is 15.1. The predicted molar refractivity (Wildman–Crippen MR) is 98.7 cm³/mol. The summed E-state index contributed by atoms with van der Waals surface area (Å²) in [7, 11) is 4.13. The van der Waals surface area contributed by atoms with Gasteiger partial charge in [-0.15, -0.1) is 0 Å². The Morgan fingerprint density at radius 2 is 2.21 bits per heavy atom. The number of nitrogens with one attached hydrogen (secondary N) is 2. The summed E-state index contributed by atoms with van der Waals surface area (Å²) in [6.07, 6.45) is 2.28. The third kappa shape index (κ3) is 4.53. The van der Waals surface area contributed by atoms with Crippen molar-refractivity contribution in [3.05, 3.63) is 50.0 Å². The zero-order chi connectivity index (χ0) is 17.7. The highest BCUT2D eigenvalue weighted by molar-refractivity contribution is 7.71. The summed E-state index contributed by atoms with van der Waals surface area (Å²) >= 11 is 11.1. The third-order valence-corrected chi connectivity index (χ3v) is 3.89. The van der Waals surface area contributed by atoms with E-state index in [4.69, 9.17) is 23.8 Å². The summed E-state index contributed by atoms with van der Waals surface area (Å²) in [6.45, 7) is 1.56. The molecule has 0 radical (unpaired) electrons. The van der Waals surface area contributed by atoms with Crippen molar-refractivity contribution in [1.29, 1.82) is 0 Å². The van der Waals surface area contributed by atoms with Gasteiger partial charge in [0.2, 0.25) is 5.88 Å². The summed E-state index contributed by atoms with van der Waals surface area (Å²) < 4.78 is 1.45. The Labute approximate surface area is 150 Å². The minimum atomic E-state index is -0.474. The van der Waals surface area contributed by atoms with E-state index in [-0.39, 0.29) is 16.2 Å². The van der Waals surface area contributed by atoms with Gasteiger partial charge in [-0.25, -0.2) is 0 Å². The summed E-state index contributed by atoms with van der Waals surface area (Å²) in [4.78, 5) is 20.2. The molecule has 1 aromatic heterocycles. The Bertz CT molecular complexity index is 858. The van der Waals surface area contributed by atoms with Crippen LogP contribution >= 0.6 is 23.8 Å². The number of rotatable bonds is 6. The van der Waals surface area contributed by atoms with Crippen LogP contribution in [0.5, 0.6) is 5.88 Å². The molecule has 0 atom stereocenters. The molecule has 0 unspecified atom stereocenters. The van der Waals surface area contributed by atoms with E-state index in [9.17, 15) is 9.90 Å². The lowest BCUT2D eigenvalue weighted by molar-refractivity contribution is -0.858. The van der Waals surface area contributed by atoms with E-state index in [1.165, 1.54) is 15.7 Å². The number of hydrogen-bond donors (Lipinski definition) is 3. The first-order valence-corrected chi connectivity index (χ1v) is 8.32. The Morgan fingerprint density at radius 3 is 2.88 bits per heavy atom. The molecule has 0 spiro atoms. The van der Waals surface area contributed by atoms with Gasteiger partial charge in [0.1, 0.15) is 5.56 Å². The van der Waals surface area contributed by atoms with E-state index in [0.717, 1.165) is 13.0 Å². The summed E-state index contributed by atoms with van der Waals surface area (Å²) in [5, 5.41) is 11.0. The molecule has 0 aliphatic heterocycles. The van der Waals surface area contributed by atoms with Gasteiger partial charge in [-0.2, -0.15) is 0 Å². The first-order chi connectivity index (χ1) is 11.4. The van der Waals surface area contributed by atoms with Crippen LogP contribution in [0.15, 0.2) is 34.1 Å². The van der Waals surface area contributed by atoms with E-state index < -0.39 is 5.56 Å². The van der Waals surface area contributed by atoms with Gasteiger partial charge in [-0.05, 0) is 30.4 Å². The lowest BCUT2D eigenvalue weighted by Crippen LogP contribution is -3.05. The fourth-order valence-corrected chi connectivity index (χ4v) is 2.66. The second kappa shape index (κ2) is 8.23. The summed E-state index contributed by atoms with van der Waals surface area (Å²) in [6, 6.07) is 6.84. The number of aromatic amines is 1. The highest BCUT2D eigenvalue weighted by Crippen LogP contribution is 2.21. The molecule has 1 aromatic carbocycles. The highest BCUT2D eigenvalue weighted by Gasteiger charge is 2.12. The Morgan fingerprint density at radius 1 is 1.46 bits per heavy atom. The Balaban J connectivity index is 2.37. The van der Waals surface area contributed by atoms with Crippen LogP contribution in [0.4, 0.5) is 0 Å². The molecule has 2 rings (SSSR count). The molecule has 2 aromatic rings. The molecule has 3 N–H and O–H groups in total. The lowest BCUT2D eigenvalue weighted by atomic mass is 10.3. The average Bonchev–Trinajstić information content (AvgIpc) is 2.49. The van der Waals surface area contributed by atoms with Crippen LogP contribution in [-0.2, 0) is 0 Å². The van der Waals surface area contributed by atoms with Crippen molar-refractivity contribution in [1.82, 2.24) is 9.55 Å². The monoisotopic (exact) mass is 367 g/mol. The van der Waals surface area contributed by atoms with Crippen LogP contribution in [0.3, 0.4) is 0 Å². The van der Waals surface area contributed by atoms with E-state index in [1.807, 2.05) is 0 Å². The molecule has 128 valence electrons. The zero-order valence-electron chi connectivity index (χ0n) is 13.5. The molecule has 0 aliphatic carbocycles. The highest BCUT2D eigenvalue weighted by atomic mass is 35.5. The molecule has 8 heteroatoms. The number of nitrogens with zero attached hydrogens (tertiary/aromatic N) is 2. The number of aliphatic imine (C=N–C) groups is 1. The number of benzene rings is 1. The van der Waals surface area contributed by atoms with Gasteiger partial charge in [-0.1, -0.05) is 17.7 Å². The molecule has 0 fully saturated rings. The van der Waals surface area contributed by atoms with E-state index in [0.29, 0.717) is 17.3 Å². The van der Waals surface area contributed by atoms with Crippen LogP contribution in [-0.4, -0.2) is 48.1 Å². The van der Waals surface area contributed by atoms with Crippen molar-refractivity contribution in [3.63, 3.8) is 0 Å². The van der Waals surface area contributed by atoms with Gasteiger partial charge < -0.3 is 10.0 Å². The van der Waals surface area contributed by atoms with Crippen LogP contribution in [0.1, 0.15) is 12.0 Å². The van der Waals surface area contributed by atoms with E-state index in [1.54, 1.807) is 24.3 Å². The molecule has 0 aliphatic rings. The molecule has 24 heavy (non-hydrogen) atoms. The van der Waals surface area contributed by atoms with E-state index in [2.05, 4.69) is 24.1 Å². The number of aromatic hydroxyl groups is 1. The fourth-order valence-electron chi connectivity index (χ4n) is 2.19. The van der Waals surface area contributed by atoms with Gasteiger partial charge in [0, 0.05) is 24.2 Å². The van der Waals surface area contributed by atoms with Crippen molar-refractivity contribution in [3.8, 4) is 11.6 Å². The maximum absolute atomic E-state index is 12.1. The first-order valence-electron chi connectivity index (χ1n) is 7.53. The van der Waals surface area contributed by atoms with Crippen LogP contribution in [0.25, 0.3) is 5.69 Å². The van der Waals surface area contributed by atoms with Crippen molar-refractivity contribution in [2.75, 3.05) is 27.2 Å². The number of halogens is 1. The van der Waals surface area contributed by atoms with Gasteiger partial charge in [0.25, 0.3) is 5.56 Å². The Hall–Kier alpha value is -1.96. The molecule has 0 saturated heterocycles. The van der Waals surface area contributed by atoms with Gasteiger partial charge in [0.05, 0.1) is 26.3 Å². The van der Waals surface area contributed by atoms with Crippen LogP contribution < -0.4 is 10.5 Å². The smallest absolute Gasteiger partial charge is 0.264 e. The normalized spacial score (nSPS) is 11.5. The van der Waals surface area contributed by atoms with Crippen molar-refractivity contribution < 1.29 is 10.0 Å². The standard InChI is InChI=1S/C16H19ClN4O2S/c1-20(2)8-4-7-18-10-13-14(22)19-16(24)21(15(13)23)12-6-3-5-11(17)9-12/h3,5-6,9-10,23H,4,7-8H2,1-2H3,(H,19,22,24)/p+1. The summed E-state index contributed by atoms with van der Waals surface area (Å²) in [5.74, 6) is -0.256. The van der Waals surface area contributed by atoms with E-state index >= 15 is 0 Å². The number of aromatic nitrogens is 2. The maximum Gasteiger partial charge on any atom is 0.264 e. The molecule has 0 amide bonds. The number of hydrogen-bond acceptors (Lipinski definition) is 4. The molecule has 0 saturated carbocycles.